The minimum atomic E-state index is -0.0704. The molecule has 0 atom stereocenters. The Morgan fingerprint density at radius 1 is 1.47 bits per heavy atom. The topological polar surface area (TPSA) is 57.8 Å². The Balaban J connectivity index is 2.10. The number of allylic oxidation sites excluding steroid dienone is 1. The maximum atomic E-state index is 11.8. The molecule has 2 rings (SSSR count). The first kappa shape index (κ1) is 11.4. The third kappa shape index (κ3) is 2.72. The molecule has 4 heteroatoms. The molecule has 1 heterocycles. The fourth-order valence-corrected chi connectivity index (χ4v) is 1.53. The quantitative estimate of drug-likeness (QED) is 0.793. The number of H-pyrrole nitrogens is 1. The molecule has 0 saturated heterocycles. The molecule has 0 spiro atoms. The predicted molar refractivity (Wildman–Crippen MR) is 67.9 cm³/mol. The van der Waals surface area contributed by atoms with Gasteiger partial charge in [0.15, 0.2) is 0 Å². The SMILES string of the molecule is CC(C)=CCNC(=O)c1ccc2cn[nH]c2c1. The largest absolute Gasteiger partial charge is 0.349 e. The van der Waals surface area contributed by atoms with Crippen molar-refractivity contribution in [1.29, 1.82) is 0 Å². The van der Waals surface area contributed by atoms with Gasteiger partial charge in [-0.25, -0.2) is 0 Å². The van der Waals surface area contributed by atoms with Gasteiger partial charge in [0, 0.05) is 17.5 Å². The van der Waals surface area contributed by atoms with Gasteiger partial charge >= 0.3 is 0 Å². The van der Waals surface area contributed by atoms with Crippen LogP contribution in [0, 0.1) is 0 Å². The molecule has 2 aromatic rings. The molecular weight excluding hydrogens is 214 g/mol. The lowest BCUT2D eigenvalue weighted by Gasteiger charge is -2.02. The molecule has 0 unspecified atom stereocenters. The molecule has 0 radical (unpaired) electrons. The maximum absolute atomic E-state index is 11.8. The normalized spacial score (nSPS) is 10.2. The molecule has 0 aliphatic heterocycles. The molecule has 2 N–H and O–H groups in total. The summed E-state index contributed by atoms with van der Waals surface area (Å²) in [5.41, 5.74) is 2.71. The molecule has 1 amide bonds. The van der Waals surface area contributed by atoms with E-state index in [0.29, 0.717) is 12.1 Å². The van der Waals surface area contributed by atoms with E-state index in [9.17, 15) is 4.79 Å². The summed E-state index contributed by atoms with van der Waals surface area (Å²) in [6.07, 6.45) is 3.72. The highest BCUT2D eigenvalue weighted by Crippen LogP contribution is 2.12. The van der Waals surface area contributed by atoms with Crippen LogP contribution in [-0.2, 0) is 0 Å². The van der Waals surface area contributed by atoms with Gasteiger partial charge in [0.2, 0.25) is 0 Å². The number of carbonyl (C=O) groups is 1. The Bertz CT molecular complexity index is 565. The number of nitrogens with one attached hydrogen (secondary N) is 2. The Morgan fingerprint density at radius 2 is 2.29 bits per heavy atom. The summed E-state index contributed by atoms with van der Waals surface area (Å²) in [6, 6.07) is 5.49. The minimum absolute atomic E-state index is 0.0704. The Kier molecular flexibility index (Phi) is 3.23. The zero-order chi connectivity index (χ0) is 12.3. The van der Waals surface area contributed by atoms with Gasteiger partial charge in [0.1, 0.15) is 0 Å². The Hall–Kier alpha value is -2.10. The van der Waals surface area contributed by atoms with Crippen molar-refractivity contribution in [3.63, 3.8) is 0 Å². The lowest BCUT2D eigenvalue weighted by molar-refractivity contribution is 0.0958. The van der Waals surface area contributed by atoms with E-state index in [1.165, 1.54) is 5.57 Å². The average molecular weight is 229 g/mol. The van der Waals surface area contributed by atoms with Crippen LogP contribution in [0.25, 0.3) is 10.9 Å². The van der Waals surface area contributed by atoms with E-state index >= 15 is 0 Å². The third-order valence-electron chi connectivity index (χ3n) is 2.48. The number of rotatable bonds is 3. The second kappa shape index (κ2) is 4.82. The van der Waals surface area contributed by atoms with Crippen molar-refractivity contribution in [3.8, 4) is 0 Å². The zero-order valence-corrected chi connectivity index (χ0v) is 9.95. The highest BCUT2D eigenvalue weighted by Gasteiger charge is 2.05. The molecular formula is C13H15N3O. The molecule has 1 aromatic heterocycles. The van der Waals surface area contributed by atoms with Gasteiger partial charge in [0.25, 0.3) is 5.91 Å². The number of benzene rings is 1. The van der Waals surface area contributed by atoms with Crippen LogP contribution in [0.1, 0.15) is 24.2 Å². The number of nitrogens with zero attached hydrogens (tertiary/aromatic N) is 1. The second-order valence-corrected chi connectivity index (χ2v) is 4.16. The highest BCUT2D eigenvalue weighted by atomic mass is 16.1. The standard InChI is InChI=1S/C13H15N3O/c1-9(2)5-6-14-13(17)10-3-4-11-8-15-16-12(11)7-10/h3-5,7-8H,6H2,1-2H3,(H,14,17)(H,15,16). The molecule has 17 heavy (non-hydrogen) atoms. The zero-order valence-electron chi connectivity index (χ0n) is 9.95. The summed E-state index contributed by atoms with van der Waals surface area (Å²) in [7, 11) is 0. The first-order valence-electron chi connectivity index (χ1n) is 5.51. The highest BCUT2D eigenvalue weighted by molar-refractivity contribution is 5.97. The summed E-state index contributed by atoms with van der Waals surface area (Å²) in [5, 5.41) is 10.6. The first-order valence-corrected chi connectivity index (χ1v) is 5.51. The van der Waals surface area contributed by atoms with Crippen molar-refractivity contribution in [3.05, 3.63) is 41.6 Å². The van der Waals surface area contributed by atoms with Gasteiger partial charge in [-0.05, 0) is 26.0 Å². The molecule has 0 fully saturated rings. The smallest absolute Gasteiger partial charge is 0.251 e. The number of aromatic amines is 1. The minimum Gasteiger partial charge on any atom is -0.349 e. The van der Waals surface area contributed by atoms with Crippen LogP contribution in [-0.4, -0.2) is 22.6 Å². The van der Waals surface area contributed by atoms with Crippen LogP contribution in [0.4, 0.5) is 0 Å². The molecule has 0 aliphatic rings. The van der Waals surface area contributed by atoms with E-state index in [1.54, 1.807) is 18.3 Å². The van der Waals surface area contributed by atoms with E-state index in [2.05, 4.69) is 15.5 Å². The summed E-state index contributed by atoms with van der Waals surface area (Å²) >= 11 is 0. The summed E-state index contributed by atoms with van der Waals surface area (Å²) in [4.78, 5) is 11.8. The molecule has 0 saturated carbocycles. The van der Waals surface area contributed by atoms with E-state index < -0.39 is 0 Å². The van der Waals surface area contributed by atoms with Gasteiger partial charge in [-0.2, -0.15) is 5.10 Å². The number of fused-ring (bicyclic) bond motifs is 1. The van der Waals surface area contributed by atoms with Crippen LogP contribution >= 0.6 is 0 Å². The van der Waals surface area contributed by atoms with Crippen LogP contribution in [0.3, 0.4) is 0 Å². The first-order chi connectivity index (χ1) is 8.16. The van der Waals surface area contributed by atoms with Crippen molar-refractivity contribution in [2.45, 2.75) is 13.8 Å². The number of hydrogen-bond acceptors (Lipinski definition) is 2. The van der Waals surface area contributed by atoms with Crippen LogP contribution in [0.5, 0.6) is 0 Å². The van der Waals surface area contributed by atoms with Crippen LogP contribution < -0.4 is 5.32 Å². The van der Waals surface area contributed by atoms with Gasteiger partial charge in [0.05, 0.1) is 11.7 Å². The maximum Gasteiger partial charge on any atom is 0.251 e. The molecule has 4 nitrogen and oxygen atoms in total. The number of amides is 1. The predicted octanol–water partition coefficient (Wildman–Crippen LogP) is 2.26. The third-order valence-corrected chi connectivity index (χ3v) is 2.48. The Morgan fingerprint density at radius 3 is 3.06 bits per heavy atom. The van der Waals surface area contributed by atoms with Gasteiger partial charge in [-0.1, -0.05) is 17.7 Å². The van der Waals surface area contributed by atoms with Crippen molar-refractivity contribution >= 4 is 16.8 Å². The number of carbonyl (C=O) groups excluding carboxylic acids is 1. The van der Waals surface area contributed by atoms with Gasteiger partial charge in [-0.15, -0.1) is 0 Å². The monoisotopic (exact) mass is 229 g/mol. The summed E-state index contributed by atoms with van der Waals surface area (Å²) in [6.45, 7) is 4.56. The van der Waals surface area contributed by atoms with Crippen molar-refractivity contribution in [1.82, 2.24) is 15.5 Å². The van der Waals surface area contributed by atoms with Crippen molar-refractivity contribution < 1.29 is 4.79 Å². The van der Waals surface area contributed by atoms with E-state index in [0.717, 1.165) is 10.9 Å². The molecule has 0 aliphatic carbocycles. The fourth-order valence-electron chi connectivity index (χ4n) is 1.53. The fraction of sp³-hybridized carbons (Fsp3) is 0.231. The molecule has 1 aromatic carbocycles. The second-order valence-electron chi connectivity index (χ2n) is 4.16. The molecule has 0 bridgehead atoms. The number of aromatic nitrogens is 2. The lowest BCUT2D eigenvalue weighted by Crippen LogP contribution is -2.23. The van der Waals surface area contributed by atoms with Gasteiger partial charge in [-0.3, -0.25) is 9.89 Å². The van der Waals surface area contributed by atoms with E-state index in [1.807, 2.05) is 26.0 Å². The Labute approximate surface area is 99.7 Å². The van der Waals surface area contributed by atoms with Gasteiger partial charge < -0.3 is 5.32 Å². The summed E-state index contributed by atoms with van der Waals surface area (Å²) < 4.78 is 0. The summed E-state index contributed by atoms with van der Waals surface area (Å²) in [5.74, 6) is -0.0704. The van der Waals surface area contributed by atoms with E-state index in [-0.39, 0.29) is 5.91 Å². The van der Waals surface area contributed by atoms with Crippen molar-refractivity contribution in [2.75, 3.05) is 6.54 Å². The van der Waals surface area contributed by atoms with Crippen LogP contribution in [0.2, 0.25) is 0 Å². The number of hydrogen-bond donors (Lipinski definition) is 2. The average Bonchev–Trinajstić information content (AvgIpc) is 2.75. The molecule has 88 valence electrons. The lowest BCUT2D eigenvalue weighted by atomic mass is 10.1. The van der Waals surface area contributed by atoms with Crippen LogP contribution in [0.15, 0.2) is 36.0 Å². The van der Waals surface area contributed by atoms with E-state index in [4.69, 9.17) is 0 Å². The van der Waals surface area contributed by atoms with Crippen molar-refractivity contribution in [2.24, 2.45) is 0 Å².